The van der Waals surface area contributed by atoms with Crippen LogP contribution in [0.25, 0.3) is 10.7 Å². The average molecular weight is 382 g/mol. The van der Waals surface area contributed by atoms with Crippen LogP contribution in [0.2, 0.25) is 0 Å². The van der Waals surface area contributed by atoms with Crippen molar-refractivity contribution in [2.45, 2.75) is 32.4 Å². The Morgan fingerprint density at radius 2 is 2.07 bits per heavy atom. The van der Waals surface area contributed by atoms with Crippen LogP contribution in [0.3, 0.4) is 0 Å². The molecule has 1 aromatic carbocycles. The van der Waals surface area contributed by atoms with Crippen molar-refractivity contribution >= 4 is 17.2 Å². The summed E-state index contributed by atoms with van der Waals surface area (Å²) in [4.78, 5) is 20.3. The van der Waals surface area contributed by atoms with Crippen molar-refractivity contribution in [2.24, 2.45) is 0 Å². The number of aryl methyl sites for hydroxylation is 1. The predicted octanol–water partition coefficient (Wildman–Crippen LogP) is 3.50. The molecule has 0 spiro atoms. The molecule has 0 aliphatic carbocycles. The van der Waals surface area contributed by atoms with Crippen molar-refractivity contribution in [1.82, 2.24) is 20.4 Å². The molecule has 0 saturated carbocycles. The van der Waals surface area contributed by atoms with E-state index >= 15 is 0 Å². The lowest BCUT2D eigenvalue weighted by molar-refractivity contribution is 0.0904. The zero-order valence-corrected chi connectivity index (χ0v) is 16.0. The first-order valence-corrected chi connectivity index (χ1v) is 10.0. The van der Waals surface area contributed by atoms with E-state index in [9.17, 15) is 4.79 Å². The number of amides is 1. The van der Waals surface area contributed by atoms with E-state index < -0.39 is 0 Å². The minimum absolute atomic E-state index is 0.0176. The van der Waals surface area contributed by atoms with Gasteiger partial charge in [-0.3, -0.25) is 9.69 Å². The molecule has 0 unspecified atom stereocenters. The Morgan fingerprint density at radius 3 is 2.81 bits per heavy atom. The maximum atomic E-state index is 12.5. The SMILES string of the molecule is Cc1ccccc1C(=O)NC1CCN(Cc2nc(-c3cccs3)no2)CC1. The molecular weight excluding hydrogens is 360 g/mol. The predicted molar refractivity (Wildman–Crippen MR) is 105 cm³/mol. The number of nitrogens with one attached hydrogen (secondary N) is 1. The highest BCUT2D eigenvalue weighted by atomic mass is 32.1. The minimum Gasteiger partial charge on any atom is -0.349 e. The summed E-state index contributed by atoms with van der Waals surface area (Å²) in [7, 11) is 0. The van der Waals surface area contributed by atoms with Gasteiger partial charge in [0.1, 0.15) is 0 Å². The lowest BCUT2D eigenvalue weighted by Gasteiger charge is -2.31. The van der Waals surface area contributed by atoms with Crippen molar-refractivity contribution < 1.29 is 9.32 Å². The van der Waals surface area contributed by atoms with Crippen molar-refractivity contribution in [2.75, 3.05) is 13.1 Å². The second-order valence-corrected chi connectivity index (χ2v) is 7.78. The summed E-state index contributed by atoms with van der Waals surface area (Å²) >= 11 is 1.60. The summed E-state index contributed by atoms with van der Waals surface area (Å²) in [5.74, 6) is 1.31. The Morgan fingerprint density at radius 1 is 1.26 bits per heavy atom. The highest BCUT2D eigenvalue weighted by molar-refractivity contribution is 7.13. The highest BCUT2D eigenvalue weighted by Crippen LogP contribution is 2.22. The summed E-state index contributed by atoms with van der Waals surface area (Å²) in [6, 6.07) is 11.9. The molecule has 1 amide bonds. The molecule has 2 aromatic heterocycles. The highest BCUT2D eigenvalue weighted by Gasteiger charge is 2.23. The molecule has 6 nitrogen and oxygen atoms in total. The molecule has 27 heavy (non-hydrogen) atoms. The van der Waals surface area contributed by atoms with Gasteiger partial charge < -0.3 is 9.84 Å². The molecule has 1 saturated heterocycles. The Kier molecular flexibility index (Phi) is 5.31. The Balaban J connectivity index is 1.28. The van der Waals surface area contributed by atoms with Crippen LogP contribution in [0.1, 0.15) is 34.7 Å². The molecule has 1 N–H and O–H groups in total. The summed E-state index contributed by atoms with van der Waals surface area (Å²) in [5, 5.41) is 9.23. The van der Waals surface area contributed by atoms with E-state index in [4.69, 9.17) is 4.52 Å². The van der Waals surface area contributed by atoms with Gasteiger partial charge in [0.05, 0.1) is 11.4 Å². The maximum Gasteiger partial charge on any atom is 0.251 e. The minimum atomic E-state index is 0.0176. The lowest BCUT2D eigenvalue weighted by Crippen LogP contribution is -2.44. The molecule has 4 rings (SSSR count). The van der Waals surface area contributed by atoms with Crippen LogP contribution in [0.5, 0.6) is 0 Å². The number of rotatable bonds is 5. The molecule has 1 aliphatic rings. The molecule has 1 aliphatic heterocycles. The number of aromatic nitrogens is 2. The van der Waals surface area contributed by atoms with E-state index in [1.165, 1.54) is 0 Å². The van der Waals surface area contributed by atoms with E-state index in [0.29, 0.717) is 18.3 Å². The summed E-state index contributed by atoms with van der Waals surface area (Å²) in [6.45, 7) is 4.41. The van der Waals surface area contributed by atoms with Crippen LogP contribution in [0.4, 0.5) is 0 Å². The normalized spacial score (nSPS) is 15.7. The first-order chi connectivity index (χ1) is 13.2. The van der Waals surface area contributed by atoms with Crippen LogP contribution in [-0.2, 0) is 6.54 Å². The van der Waals surface area contributed by atoms with Gasteiger partial charge in [-0.1, -0.05) is 29.4 Å². The van der Waals surface area contributed by atoms with Crippen LogP contribution in [-0.4, -0.2) is 40.1 Å². The smallest absolute Gasteiger partial charge is 0.251 e. The lowest BCUT2D eigenvalue weighted by atomic mass is 10.0. The number of benzene rings is 1. The third-order valence-corrected chi connectivity index (χ3v) is 5.75. The summed E-state index contributed by atoms with van der Waals surface area (Å²) in [5.41, 5.74) is 1.76. The van der Waals surface area contributed by atoms with E-state index in [1.807, 2.05) is 48.7 Å². The van der Waals surface area contributed by atoms with Gasteiger partial charge in [0.25, 0.3) is 5.91 Å². The van der Waals surface area contributed by atoms with Gasteiger partial charge in [-0.25, -0.2) is 0 Å². The van der Waals surface area contributed by atoms with Crippen molar-refractivity contribution in [3.63, 3.8) is 0 Å². The van der Waals surface area contributed by atoms with Crippen LogP contribution < -0.4 is 5.32 Å². The molecule has 3 aromatic rings. The Bertz CT molecular complexity index is 898. The largest absolute Gasteiger partial charge is 0.349 e. The number of hydrogen-bond donors (Lipinski definition) is 1. The van der Waals surface area contributed by atoms with Gasteiger partial charge in [-0.2, -0.15) is 4.98 Å². The van der Waals surface area contributed by atoms with E-state index in [1.54, 1.807) is 11.3 Å². The molecule has 7 heteroatoms. The van der Waals surface area contributed by atoms with Gasteiger partial charge in [-0.05, 0) is 42.8 Å². The number of piperidine rings is 1. The molecule has 140 valence electrons. The second-order valence-electron chi connectivity index (χ2n) is 6.83. The fraction of sp³-hybridized carbons (Fsp3) is 0.350. The number of likely N-dealkylation sites (tertiary alicyclic amines) is 1. The van der Waals surface area contributed by atoms with E-state index in [2.05, 4.69) is 20.4 Å². The van der Waals surface area contributed by atoms with Crippen LogP contribution in [0.15, 0.2) is 46.3 Å². The van der Waals surface area contributed by atoms with Gasteiger partial charge in [0.15, 0.2) is 0 Å². The summed E-state index contributed by atoms with van der Waals surface area (Å²) < 4.78 is 5.39. The zero-order valence-electron chi connectivity index (χ0n) is 15.2. The number of carbonyl (C=O) groups excluding carboxylic acids is 1. The summed E-state index contributed by atoms with van der Waals surface area (Å²) in [6.07, 6.45) is 1.84. The number of carbonyl (C=O) groups is 1. The number of thiophene rings is 1. The molecule has 1 fully saturated rings. The molecule has 0 bridgehead atoms. The Hall–Kier alpha value is -2.51. The molecule has 3 heterocycles. The van der Waals surface area contributed by atoms with E-state index in [0.717, 1.165) is 41.9 Å². The number of hydrogen-bond acceptors (Lipinski definition) is 6. The second kappa shape index (κ2) is 8.02. The fourth-order valence-corrected chi connectivity index (χ4v) is 3.99. The first kappa shape index (κ1) is 17.9. The van der Waals surface area contributed by atoms with Crippen molar-refractivity contribution in [3.05, 3.63) is 58.8 Å². The Labute approximate surface area is 162 Å². The van der Waals surface area contributed by atoms with Crippen molar-refractivity contribution in [1.29, 1.82) is 0 Å². The molecule has 0 atom stereocenters. The monoisotopic (exact) mass is 382 g/mol. The standard InChI is InChI=1S/C20H22N4O2S/c1-14-5-2-3-6-16(14)20(25)21-15-8-10-24(11-9-15)13-18-22-19(23-26-18)17-7-4-12-27-17/h2-7,12,15H,8-11,13H2,1H3,(H,21,25). The molecular formula is C20H22N4O2S. The number of nitrogens with zero attached hydrogens (tertiary/aromatic N) is 3. The first-order valence-electron chi connectivity index (χ1n) is 9.14. The molecule has 0 radical (unpaired) electrons. The quantitative estimate of drug-likeness (QED) is 0.731. The van der Waals surface area contributed by atoms with Gasteiger partial charge >= 0.3 is 0 Å². The average Bonchev–Trinajstić information content (AvgIpc) is 3.35. The zero-order chi connectivity index (χ0) is 18.6. The topological polar surface area (TPSA) is 71.3 Å². The van der Waals surface area contributed by atoms with Gasteiger partial charge in [-0.15, -0.1) is 11.3 Å². The van der Waals surface area contributed by atoms with Crippen LogP contribution in [0, 0.1) is 6.92 Å². The maximum absolute atomic E-state index is 12.5. The van der Waals surface area contributed by atoms with Gasteiger partial charge in [0.2, 0.25) is 11.7 Å². The third kappa shape index (κ3) is 4.26. The fourth-order valence-electron chi connectivity index (χ4n) is 3.34. The van der Waals surface area contributed by atoms with Crippen LogP contribution >= 0.6 is 11.3 Å². The third-order valence-electron chi connectivity index (χ3n) is 4.88. The van der Waals surface area contributed by atoms with Crippen molar-refractivity contribution in [3.8, 4) is 10.7 Å². The van der Waals surface area contributed by atoms with E-state index in [-0.39, 0.29) is 11.9 Å². The van der Waals surface area contributed by atoms with Gasteiger partial charge in [0, 0.05) is 24.7 Å².